The molecule has 0 saturated carbocycles. The number of nitrogen functional groups attached to an aromatic ring is 1. The Morgan fingerprint density at radius 1 is 1.43 bits per heavy atom. The van der Waals surface area contributed by atoms with Crippen LogP contribution in [0.4, 0.5) is 17.5 Å². The molecular formula is C13H16N6O2. The molecule has 8 nitrogen and oxygen atoms in total. The van der Waals surface area contributed by atoms with Gasteiger partial charge >= 0.3 is 5.69 Å². The van der Waals surface area contributed by atoms with Crippen LogP contribution >= 0.6 is 0 Å². The van der Waals surface area contributed by atoms with Gasteiger partial charge in [0.15, 0.2) is 0 Å². The summed E-state index contributed by atoms with van der Waals surface area (Å²) < 4.78 is 0. The molecule has 0 aliphatic carbocycles. The van der Waals surface area contributed by atoms with Crippen LogP contribution in [0.25, 0.3) is 0 Å². The van der Waals surface area contributed by atoms with Gasteiger partial charge in [-0.2, -0.15) is 4.98 Å². The van der Waals surface area contributed by atoms with E-state index in [0.717, 1.165) is 17.7 Å². The molecule has 0 spiro atoms. The minimum Gasteiger partial charge on any atom is -0.368 e. The molecule has 0 radical (unpaired) electrons. The van der Waals surface area contributed by atoms with E-state index in [1.807, 2.05) is 19.1 Å². The third-order valence-electron chi connectivity index (χ3n) is 3.05. The van der Waals surface area contributed by atoms with Crippen LogP contribution in [0, 0.1) is 17.0 Å². The first-order valence-electron chi connectivity index (χ1n) is 6.48. The fraction of sp³-hybridized carbons (Fsp3) is 0.308. The topological polar surface area (TPSA) is 120 Å². The second-order valence-corrected chi connectivity index (χ2v) is 4.44. The minimum atomic E-state index is -0.518. The van der Waals surface area contributed by atoms with Crippen molar-refractivity contribution in [2.75, 3.05) is 11.1 Å². The van der Waals surface area contributed by atoms with Gasteiger partial charge in [0.2, 0.25) is 11.8 Å². The van der Waals surface area contributed by atoms with Crippen LogP contribution in [0.1, 0.15) is 23.9 Å². The van der Waals surface area contributed by atoms with E-state index in [9.17, 15) is 10.1 Å². The van der Waals surface area contributed by atoms with Crippen molar-refractivity contribution < 1.29 is 4.92 Å². The number of nitrogens with zero attached hydrogens (tertiary/aromatic N) is 4. The van der Waals surface area contributed by atoms with Crippen molar-refractivity contribution in [3.63, 3.8) is 0 Å². The second-order valence-electron chi connectivity index (χ2n) is 4.44. The van der Waals surface area contributed by atoms with Crippen molar-refractivity contribution in [2.45, 2.75) is 26.8 Å². The molecule has 0 bridgehead atoms. The summed E-state index contributed by atoms with van der Waals surface area (Å²) >= 11 is 0. The van der Waals surface area contributed by atoms with Crippen LogP contribution in [0.15, 0.2) is 18.3 Å². The summed E-state index contributed by atoms with van der Waals surface area (Å²) in [6, 6.07) is 3.83. The number of nitrogens with one attached hydrogen (secondary N) is 1. The predicted molar refractivity (Wildman–Crippen MR) is 78.8 cm³/mol. The van der Waals surface area contributed by atoms with Crippen molar-refractivity contribution in [1.29, 1.82) is 0 Å². The number of hydrogen-bond acceptors (Lipinski definition) is 7. The van der Waals surface area contributed by atoms with Crippen LogP contribution in [0.2, 0.25) is 0 Å². The number of pyridine rings is 1. The normalized spacial score (nSPS) is 10.4. The molecule has 0 saturated heterocycles. The monoisotopic (exact) mass is 288 g/mol. The van der Waals surface area contributed by atoms with E-state index in [0.29, 0.717) is 6.54 Å². The molecule has 0 atom stereocenters. The summed E-state index contributed by atoms with van der Waals surface area (Å²) in [5, 5.41) is 14.0. The quantitative estimate of drug-likeness (QED) is 0.636. The molecule has 2 aromatic heterocycles. The lowest BCUT2D eigenvalue weighted by Crippen LogP contribution is -2.11. The summed E-state index contributed by atoms with van der Waals surface area (Å²) in [7, 11) is 0. The zero-order valence-electron chi connectivity index (χ0n) is 11.8. The molecular weight excluding hydrogens is 272 g/mol. The Balaban J connectivity index is 2.30. The Hall–Kier alpha value is -2.77. The highest BCUT2D eigenvalue weighted by Crippen LogP contribution is 2.26. The summed E-state index contributed by atoms with van der Waals surface area (Å²) in [6.07, 6.45) is 2.52. The zero-order valence-corrected chi connectivity index (χ0v) is 11.8. The van der Waals surface area contributed by atoms with Crippen molar-refractivity contribution in [3.8, 4) is 0 Å². The lowest BCUT2D eigenvalue weighted by Gasteiger charge is -2.10. The van der Waals surface area contributed by atoms with Crippen molar-refractivity contribution in [2.24, 2.45) is 0 Å². The minimum absolute atomic E-state index is 0.00247. The predicted octanol–water partition coefficient (Wildman–Crippen LogP) is 1.84. The van der Waals surface area contributed by atoms with Crippen LogP contribution in [-0.2, 0) is 13.0 Å². The molecule has 0 fully saturated rings. The molecule has 0 aromatic carbocycles. The third kappa shape index (κ3) is 3.22. The van der Waals surface area contributed by atoms with Gasteiger partial charge in [0, 0.05) is 6.20 Å². The van der Waals surface area contributed by atoms with Gasteiger partial charge in [-0.25, -0.2) is 4.98 Å². The maximum Gasteiger partial charge on any atom is 0.332 e. The fourth-order valence-corrected chi connectivity index (χ4v) is 2.05. The Kier molecular flexibility index (Phi) is 4.27. The summed E-state index contributed by atoms with van der Waals surface area (Å²) in [4.78, 5) is 22.6. The van der Waals surface area contributed by atoms with E-state index in [1.165, 1.54) is 6.92 Å². The first-order valence-corrected chi connectivity index (χ1v) is 6.48. The Bertz CT molecular complexity index is 674. The van der Waals surface area contributed by atoms with E-state index in [2.05, 4.69) is 20.3 Å². The molecule has 2 aromatic rings. The molecule has 2 heterocycles. The first-order chi connectivity index (χ1) is 10.0. The van der Waals surface area contributed by atoms with Gasteiger partial charge < -0.3 is 11.1 Å². The smallest absolute Gasteiger partial charge is 0.332 e. The maximum atomic E-state index is 11.1. The Morgan fingerprint density at radius 2 is 2.19 bits per heavy atom. The fourth-order valence-electron chi connectivity index (χ4n) is 2.05. The lowest BCUT2D eigenvalue weighted by atomic mass is 10.1. The number of hydrogen-bond donors (Lipinski definition) is 2. The number of anilines is 2. The summed E-state index contributed by atoms with van der Waals surface area (Å²) in [5.74, 6) is 0.107. The van der Waals surface area contributed by atoms with Crippen LogP contribution in [-0.4, -0.2) is 19.9 Å². The van der Waals surface area contributed by atoms with Gasteiger partial charge in [-0.15, -0.1) is 0 Å². The zero-order chi connectivity index (χ0) is 15.4. The lowest BCUT2D eigenvalue weighted by molar-refractivity contribution is -0.385. The van der Waals surface area contributed by atoms with Crippen molar-refractivity contribution in [3.05, 3.63) is 45.4 Å². The average molecular weight is 288 g/mol. The standard InChI is InChI=1S/C13H16N6O2/c1-3-9-5-4-6-15-10(9)7-16-12-11(19(20)21)8(2)17-13(14)18-12/h4-6H,3,7H2,1-2H3,(H3,14,16,17,18). The second kappa shape index (κ2) is 6.12. The highest BCUT2D eigenvalue weighted by atomic mass is 16.6. The van der Waals surface area contributed by atoms with Crippen LogP contribution in [0.5, 0.6) is 0 Å². The van der Waals surface area contributed by atoms with Gasteiger partial charge in [-0.05, 0) is 25.0 Å². The Morgan fingerprint density at radius 3 is 2.86 bits per heavy atom. The number of nitro groups is 1. The van der Waals surface area contributed by atoms with Gasteiger partial charge in [-0.3, -0.25) is 15.1 Å². The van der Waals surface area contributed by atoms with Crippen LogP contribution in [0.3, 0.4) is 0 Å². The molecule has 0 aliphatic rings. The summed E-state index contributed by atoms with van der Waals surface area (Å²) in [5.41, 5.74) is 7.51. The molecule has 8 heteroatoms. The van der Waals surface area contributed by atoms with E-state index < -0.39 is 4.92 Å². The third-order valence-corrected chi connectivity index (χ3v) is 3.05. The molecule has 21 heavy (non-hydrogen) atoms. The highest BCUT2D eigenvalue weighted by Gasteiger charge is 2.21. The van der Waals surface area contributed by atoms with Crippen molar-refractivity contribution >= 4 is 17.5 Å². The van der Waals surface area contributed by atoms with Gasteiger partial charge in [0.25, 0.3) is 0 Å². The highest BCUT2D eigenvalue weighted by molar-refractivity contribution is 5.60. The van der Waals surface area contributed by atoms with E-state index >= 15 is 0 Å². The maximum absolute atomic E-state index is 11.1. The average Bonchev–Trinajstić information content (AvgIpc) is 2.44. The van der Waals surface area contributed by atoms with Crippen molar-refractivity contribution in [1.82, 2.24) is 15.0 Å². The SMILES string of the molecule is CCc1cccnc1CNc1nc(N)nc(C)c1[N+](=O)[O-]. The number of aryl methyl sites for hydroxylation is 2. The van der Waals surface area contributed by atoms with Gasteiger partial charge in [-0.1, -0.05) is 13.0 Å². The number of aromatic nitrogens is 3. The van der Waals surface area contributed by atoms with Gasteiger partial charge in [0.05, 0.1) is 17.2 Å². The van der Waals surface area contributed by atoms with Gasteiger partial charge in [0.1, 0.15) is 5.69 Å². The molecule has 0 unspecified atom stereocenters. The van der Waals surface area contributed by atoms with Crippen LogP contribution < -0.4 is 11.1 Å². The molecule has 0 amide bonds. The molecule has 3 N–H and O–H groups in total. The molecule has 0 aliphatic heterocycles. The first kappa shape index (κ1) is 14.6. The Labute approximate surface area is 121 Å². The van der Waals surface area contributed by atoms with E-state index in [-0.39, 0.29) is 23.1 Å². The summed E-state index contributed by atoms with van der Waals surface area (Å²) in [6.45, 7) is 3.89. The van der Waals surface area contributed by atoms with E-state index in [1.54, 1.807) is 6.20 Å². The number of rotatable bonds is 5. The molecule has 2 rings (SSSR count). The molecule has 110 valence electrons. The largest absolute Gasteiger partial charge is 0.368 e. The van der Waals surface area contributed by atoms with E-state index in [4.69, 9.17) is 5.73 Å². The number of nitrogens with two attached hydrogens (primary N) is 1.